The zero-order valence-electron chi connectivity index (χ0n) is 7.99. The van der Waals surface area contributed by atoms with E-state index in [1.807, 2.05) is 0 Å². The van der Waals surface area contributed by atoms with E-state index in [4.69, 9.17) is 4.74 Å². The summed E-state index contributed by atoms with van der Waals surface area (Å²) in [7, 11) is 4.01. The molecule has 0 aliphatic carbocycles. The van der Waals surface area contributed by atoms with Crippen molar-refractivity contribution in [2.24, 2.45) is 0 Å². The normalized spacial score (nSPS) is 36.5. The number of likely N-dealkylation sites (tertiary alicyclic amines) is 2. The highest BCUT2D eigenvalue weighted by molar-refractivity contribution is 4.97. The Balaban J connectivity index is 1.82. The molecule has 2 atom stereocenters. The molecule has 0 unspecified atom stereocenters. The first-order valence-corrected chi connectivity index (χ1v) is 4.74. The molecule has 0 spiro atoms. The second-order valence-electron chi connectivity index (χ2n) is 3.97. The molecular formula is C9H18N2O. The summed E-state index contributed by atoms with van der Waals surface area (Å²) < 4.78 is 5.08. The fourth-order valence-corrected chi connectivity index (χ4v) is 2.43. The van der Waals surface area contributed by atoms with Crippen molar-refractivity contribution in [1.29, 1.82) is 0 Å². The first-order valence-electron chi connectivity index (χ1n) is 4.74. The number of likely N-dealkylation sites (N-methyl/N-ethyl adjacent to an activating group) is 1. The van der Waals surface area contributed by atoms with Gasteiger partial charge in [-0.05, 0) is 13.5 Å². The van der Waals surface area contributed by atoms with Crippen LogP contribution in [0, 0.1) is 0 Å². The first kappa shape index (κ1) is 8.48. The highest BCUT2D eigenvalue weighted by atomic mass is 16.5. The van der Waals surface area contributed by atoms with Gasteiger partial charge in [-0.15, -0.1) is 0 Å². The van der Waals surface area contributed by atoms with Gasteiger partial charge in [-0.3, -0.25) is 4.90 Å². The van der Waals surface area contributed by atoms with E-state index in [1.54, 1.807) is 7.11 Å². The third-order valence-electron chi connectivity index (χ3n) is 3.21. The Morgan fingerprint density at radius 2 is 2.17 bits per heavy atom. The Morgan fingerprint density at radius 3 is 2.67 bits per heavy atom. The van der Waals surface area contributed by atoms with Gasteiger partial charge in [0.1, 0.15) is 0 Å². The van der Waals surface area contributed by atoms with Crippen molar-refractivity contribution >= 4 is 0 Å². The smallest absolute Gasteiger partial charge is 0.0589 e. The molecule has 0 aromatic heterocycles. The van der Waals surface area contributed by atoms with Gasteiger partial charge in [0.15, 0.2) is 0 Å². The molecule has 0 aromatic rings. The number of hydrogen-bond acceptors (Lipinski definition) is 3. The number of hydrogen-bond donors (Lipinski definition) is 0. The lowest BCUT2D eigenvalue weighted by Crippen LogP contribution is -2.45. The van der Waals surface area contributed by atoms with Crippen molar-refractivity contribution < 1.29 is 4.74 Å². The minimum Gasteiger partial charge on any atom is -0.383 e. The van der Waals surface area contributed by atoms with E-state index < -0.39 is 0 Å². The van der Waals surface area contributed by atoms with Crippen molar-refractivity contribution in [3.05, 3.63) is 0 Å². The molecule has 12 heavy (non-hydrogen) atoms. The largest absolute Gasteiger partial charge is 0.383 e. The second kappa shape index (κ2) is 3.32. The van der Waals surface area contributed by atoms with Gasteiger partial charge in [-0.2, -0.15) is 0 Å². The maximum atomic E-state index is 5.08. The fraction of sp³-hybridized carbons (Fsp3) is 1.00. The monoisotopic (exact) mass is 170 g/mol. The summed E-state index contributed by atoms with van der Waals surface area (Å²) in [6.07, 6.45) is 1.38. The summed E-state index contributed by atoms with van der Waals surface area (Å²) in [6, 6.07) is 1.64. The quantitative estimate of drug-likeness (QED) is 0.594. The summed E-state index contributed by atoms with van der Waals surface area (Å²) in [5.74, 6) is 0. The zero-order valence-corrected chi connectivity index (χ0v) is 7.99. The lowest BCUT2D eigenvalue weighted by molar-refractivity contribution is 0.104. The average molecular weight is 170 g/mol. The topological polar surface area (TPSA) is 15.7 Å². The van der Waals surface area contributed by atoms with Crippen molar-refractivity contribution in [3.8, 4) is 0 Å². The molecule has 0 N–H and O–H groups in total. The van der Waals surface area contributed by atoms with Crippen molar-refractivity contribution in [3.63, 3.8) is 0 Å². The zero-order chi connectivity index (χ0) is 8.55. The van der Waals surface area contributed by atoms with Gasteiger partial charge in [0, 0.05) is 38.8 Å². The molecule has 2 rings (SSSR count). The van der Waals surface area contributed by atoms with Gasteiger partial charge >= 0.3 is 0 Å². The standard InChI is InChI=1S/C9H18N2O/c1-10-6-9-5-8(10)7-11(9)3-4-12-2/h8-9H,3-7H2,1-2H3/t8-,9-/m1/s1. The molecule has 0 amide bonds. The van der Waals surface area contributed by atoms with Crippen LogP contribution >= 0.6 is 0 Å². The van der Waals surface area contributed by atoms with Gasteiger partial charge < -0.3 is 9.64 Å². The minimum atomic E-state index is 0.815. The molecule has 2 fully saturated rings. The SMILES string of the molecule is COCCN1C[C@H]2C[C@@H]1CN2C. The van der Waals surface area contributed by atoms with Gasteiger partial charge in [-0.25, -0.2) is 0 Å². The number of piperazine rings is 1. The molecule has 70 valence electrons. The first-order chi connectivity index (χ1) is 5.81. The van der Waals surface area contributed by atoms with Gasteiger partial charge in [-0.1, -0.05) is 0 Å². The molecule has 3 nitrogen and oxygen atoms in total. The van der Waals surface area contributed by atoms with Crippen molar-refractivity contribution in [2.75, 3.05) is 40.4 Å². The van der Waals surface area contributed by atoms with E-state index in [0.717, 1.165) is 25.2 Å². The predicted octanol–water partition coefficient (Wildman–Crippen LogP) is 0.0211. The Hall–Kier alpha value is -0.120. The van der Waals surface area contributed by atoms with Gasteiger partial charge in [0.2, 0.25) is 0 Å². The molecule has 2 aliphatic heterocycles. The molecule has 3 heteroatoms. The molecule has 0 radical (unpaired) electrons. The Bertz CT molecular complexity index is 161. The van der Waals surface area contributed by atoms with Gasteiger partial charge in [0.05, 0.1) is 6.61 Å². The van der Waals surface area contributed by atoms with Crippen LogP contribution in [-0.4, -0.2) is 62.3 Å². The van der Waals surface area contributed by atoms with E-state index >= 15 is 0 Å². The summed E-state index contributed by atoms with van der Waals surface area (Å²) in [6.45, 7) is 4.51. The summed E-state index contributed by atoms with van der Waals surface area (Å²) in [4.78, 5) is 5.04. The van der Waals surface area contributed by atoms with Crippen LogP contribution in [0.3, 0.4) is 0 Å². The number of methoxy groups -OCH3 is 1. The lowest BCUT2D eigenvalue weighted by atomic mass is 10.2. The highest BCUT2D eigenvalue weighted by Gasteiger charge is 2.40. The number of nitrogens with zero attached hydrogens (tertiary/aromatic N) is 2. The van der Waals surface area contributed by atoms with Crippen LogP contribution in [0.2, 0.25) is 0 Å². The molecule has 2 bridgehead atoms. The third kappa shape index (κ3) is 1.37. The third-order valence-corrected chi connectivity index (χ3v) is 3.21. The molecular weight excluding hydrogens is 152 g/mol. The van der Waals surface area contributed by atoms with E-state index in [2.05, 4.69) is 16.8 Å². The Morgan fingerprint density at radius 1 is 1.33 bits per heavy atom. The fourth-order valence-electron chi connectivity index (χ4n) is 2.43. The van der Waals surface area contributed by atoms with Crippen LogP contribution in [-0.2, 0) is 4.74 Å². The van der Waals surface area contributed by atoms with E-state index in [-0.39, 0.29) is 0 Å². The predicted molar refractivity (Wildman–Crippen MR) is 48.3 cm³/mol. The molecule has 2 saturated heterocycles. The lowest BCUT2D eigenvalue weighted by Gasteiger charge is -2.31. The summed E-state index contributed by atoms with van der Waals surface area (Å²) >= 11 is 0. The van der Waals surface area contributed by atoms with Crippen LogP contribution in [0.5, 0.6) is 0 Å². The Kier molecular flexibility index (Phi) is 2.35. The van der Waals surface area contributed by atoms with Crippen LogP contribution in [0.1, 0.15) is 6.42 Å². The van der Waals surface area contributed by atoms with Crippen molar-refractivity contribution in [1.82, 2.24) is 9.80 Å². The maximum absolute atomic E-state index is 5.08. The number of fused-ring (bicyclic) bond motifs is 2. The average Bonchev–Trinajstić information content (AvgIpc) is 2.58. The van der Waals surface area contributed by atoms with Crippen LogP contribution < -0.4 is 0 Å². The molecule has 2 aliphatic rings. The maximum Gasteiger partial charge on any atom is 0.0589 e. The molecule has 0 aromatic carbocycles. The van der Waals surface area contributed by atoms with E-state index in [9.17, 15) is 0 Å². The number of ether oxygens (including phenoxy) is 1. The van der Waals surface area contributed by atoms with E-state index in [1.165, 1.54) is 19.5 Å². The van der Waals surface area contributed by atoms with E-state index in [0.29, 0.717) is 0 Å². The highest BCUT2D eigenvalue weighted by Crippen LogP contribution is 2.28. The summed E-state index contributed by atoms with van der Waals surface area (Å²) in [5, 5.41) is 0. The Labute approximate surface area is 74.3 Å². The number of rotatable bonds is 3. The molecule has 0 saturated carbocycles. The van der Waals surface area contributed by atoms with Crippen LogP contribution in [0.4, 0.5) is 0 Å². The summed E-state index contributed by atoms with van der Waals surface area (Å²) in [5.41, 5.74) is 0. The minimum absolute atomic E-state index is 0.815. The second-order valence-corrected chi connectivity index (χ2v) is 3.97. The van der Waals surface area contributed by atoms with Crippen molar-refractivity contribution in [2.45, 2.75) is 18.5 Å². The van der Waals surface area contributed by atoms with Crippen LogP contribution in [0.25, 0.3) is 0 Å². The van der Waals surface area contributed by atoms with Gasteiger partial charge in [0.25, 0.3) is 0 Å². The van der Waals surface area contributed by atoms with Crippen LogP contribution in [0.15, 0.2) is 0 Å². The molecule has 2 heterocycles.